The quantitative estimate of drug-likeness (QED) is 0.580. The standard InChI is InChI=1S/C12H16ClN3S/c1-7(2)10(12(13)16)11(15)9(14)6-8-4-3-5-17-8/h3-5H,1,6,14-16H2,2H3/b11-9+,12-10-. The Kier molecular flexibility index (Phi) is 4.66. The number of hydrogen-bond donors (Lipinski definition) is 3. The lowest BCUT2D eigenvalue weighted by molar-refractivity contribution is 1.06. The van der Waals surface area contributed by atoms with Crippen molar-refractivity contribution >= 4 is 22.9 Å². The van der Waals surface area contributed by atoms with E-state index < -0.39 is 0 Å². The molecule has 5 heteroatoms. The zero-order chi connectivity index (χ0) is 13.0. The zero-order valence-electron chi connectivity index (χ0n) is 9.66. The molecule has 17 heavy (non-hydrogen) atoms. The van der Waals surface area contributed by atoms with Crippen LogP contribution in [0.3, 0.4) is 0 Å². The summed E-state index contributed by atoms with van der Waals surface area (Å²) in [7, 11) is 0. The van der Waals surface area contributed by atoms with E-state index in [1.165, 1.54) is 0 Å². The minimum Gasteiger partial charge on any atom is -0.400 e. The molecule has 1 rings (SSSR count). The summed E-state index contributed by atoms with van der Waals surface area (Å²) in [5, 5.41) is 2.11. The number of nitrogens with two attached hydrogens (primary N) is 3. The molecule has 1 aromatic rings. The minimum absolute atomic E-state index is 0.115. The Hall–Kier alpha value is -1.39. The van der Waals surface area contributed by atoms with Crippen molar-refractivity contribution in [3.63, 3.8) is 0 Å². The molecule has 0 aromatic carbocycles. The highest BCUT2D eigenvalue weighted by Gasteiger charge is 2.11. The van der Waals surface area contributed by atoms with Gasteiger partial charge >= 0.3 is 0 Å². The van der Waals surface area contributed by atoms with Crippen LogP contribution in [0, 0.1) is 0 Å². The van der Waals surface area contributed by atoms with Gasteiger partial charge in [0.05, 0.1) is 5.70 Å². The van der Waals surface area contributed by atoms with Crippen LogP contribution in [0.15, 0.2) is 51.8 Å². The van der Waals surface area contributed by atoms with Crippen molar-refractivity contribution in [3.05, 3.63) is 56.7 Å². The van der Waals surface area contributed by atoms with Gasteiger partial charge < -0.3 is 17.2 Å². The van der Waals surface area contributed by atoms with Gasteiger partial charge in [-0.2, -0.15) is 0 Å². The largest absolute Gasteiger partial charge is 0.400 e. The highest BCUT2D eigenvalue weighted by molar-refractivity contribution is 7.09. The van der Waals surface area contributed by atoms with E-state index in [-0.39, 0.29) is 5.16 Å². The van der Waals surface area contributed by atoms with Gasteiger partial charge in [-0.05, 0) is 23.9 Å². The van der Waals surface area contributed by atoms with Crippen molar-refractivity contribution in [2.24, 2.45) is 17.2 Å². The van der Waals surface area contributed by atoms with Crippen LogP contribution in [0.1, 0.15) is 11.8 Å². The first kappa shape index (κ1) is 13.7. The van der Waals surface area contributed by atoms with Crippen LogP contribution in [0.5, 0.6) is 0 Å². The monoisotopic (exact) mass is 269 g/mol. The van der Waals surface area contributed by atoms with Crippen molar-refractivity contribution in [1.82, 2.24) is 0 Å². The Morgan fingerprint density at radius 1 is 1.41 bits per heavy atom. The van der Waals surface area contributed by atoms with E-state index in [4.69, 9.17) is 28.8 Å². The molecule has 0 aliphatic carbocycles. The Morgan fingerprint density at radius 2 is 2.06 bits per heavy atom. The van der Waals surface area contributed by atoms with Gasteiger partial charge in [0.25, 0.3) is 0 Å². The third kappa shape index (κ3) is 3.54. The van der Waals surface area contributed by atoms with Gasteiger partial charge in [0.1, 0.15) is 5.16 Å². The van der Waals surface area contributed by atoms with Crippen molar-refractivity contribution in [2.45, 2.75) is 13.3 Å². The van der Waals surface area contributed by atoms with Gasteiger partial charge in [0.2, 0.25) is 0 Å². The predicted molar refractivity (Wildman–Crippen MR) is 75.3 cm³/mol. The summed E-state index contributed by atoms with van der Waals surface area (Å²) in [6, 6.07) is 3.97. The zero-order valence-corrected chi connectivity index (χ0v) is 11.2. The molecule has 0 saturated carbocycles. The van der Waals surface area contributed by atoms with E-state index in [9.17, 15) is 0 Å². The van der Waals surface area contributed by atoms with Gasteiger partial charge in [0, 0.05) is 22.6 Å². The summed E-state index contributed by atoms with van der Waals surface area (Å²) in [6.07, 6.45) is 0.588. The molecule has 0 spiro atoms. The van der Waals surface area contributed by atoms with Crippen molar-refractivity contribution in [1.29, 1.82) is 0 Å². The lowest BCUT2D eigenvalue weighted by Gasteiger charge is -2.12. The fourth-order valence-electron chi connectivity index (χ4n) is 1.42. The van der Waals surface area contributed by atoms with Crippen LogP contribution < -0.4 is 17.2 Å². The second-order valence-corrected chi connectivity index (χ2v) is 5.14. The molecule has 6 N–H and O–H groups in total. The highest BCUT2D eigenvalue weighted by Crippen LogP contribution is 2.21. The summed E-state index contributed by atoms with van der Waals surface area (Å²) in [4.78, 5) is 1.14. The average Bonchev–Trinajstić information content (AvgIpc) is 2.68. The average molecular weight is 270 g/mol. The Bertz CT molecular complexity index is 468. The van der Waals surface area contributed by atoms with E-state index in [1.54, 1.807) is 18.3 Å². The first-order valence-electron chi connectivity index (χ1n) is 5.01. The maximum absolute atomic E-state index is 5.96. The summed E-state index contributed by atoms with van der Waals surface area (Å²) >= 11 is 7.41. The molecule has 0 fully saturated rings. The molecule has 0 saturated heterocycles. The van der Waals surface area contributed by atoms with Crippen LogP contribution in [0.25, 0.3) is 0 Å². The second kappa shape index (κ2) is 5.80. The molecular formula is C12H16ClN3S. The molecule has 0 aliphatic rings. The van der Waals surface area contributed by atoms with Gasteiger partial charge in [-0.3, -0.25) is 0 Å². The highest BCUT2D eigenvalue weighted by atomic mass is 35.5. The fraction of sp³-hybridized carbons (Fsp3) is 0.167. The third-order valence-electron chi connectivity index (χ3n) is 2.23. The second-order valence-electron chi connectivity index (χ2n) is 3.70. The Morgan fingerprint density at radius 3 is 2.47 bits per heavy atom. The number of hydrogen-bond acceptors (Lipinski definition) is 4. The van der Waals surface area contributed by atoms with E-state index in [1.807, 2.05) is 17.5 Å². The summed E-state index contributed by atoms with van der Waals surface area (Å²) in [6.45, 7) is 5.58. The first-order chi connectivity index (χ1) is 7.93. The fourth-order valence-corrected chi connectivity index (χ4v) is 2.41. The van der Waals surface area contributed by atoms with Crippen LogP contribution in [-0.4, -0.2) is 0 Å². The van der Waals surface area contributed by atoms with E-state index in [0.29, 0.717) is 29.0 Å². The summed E-state index contributed by atoms with van der Waals surface area (Å²) < 4.78 is 0. The van der Waals surface area contributed by atoms with E-state index in [2.05, 4.69) is 6.58 Å². The molecular weight excluding hydrogens is 254 g/mol. The topological polar surface area (TPSA) is 78.1 Å². The van der Waals surface area contributed by atoms with Crippen LogP contribution in [-0.2, 0) is 6.42 Å². The van der Waals surface area contributed by atoms with Crippen molar-refractivity contribution in [2.75, 3.05) is 0 Å². The summed E-state index contributed by atoms with van der Waals surface area (Å²) in [5.74, 6) is 0. The van der Waals surface area contributed by atoms with Crippen LogP contribution in [0.2, 0.25) is 0 Å². The number of rotatable bonds is 4. The predicted octanol–water partition coefficient (Wildman–Crippen LogP) is 2.40. The molecule has 0 amide bonds. The minimum atomic E-state index is 0.115. The number of halogens is 1. The first-order valence-corrected chi connectivity index (χ1v) is 6.27. The SMILES string of the molecule is C=C(C)C(=C(/N)Cl)/C(N)=C(\N)Cc1cccs1. The maximum Gasteiger partial charge on any atom is 0.109 e. The van der Waals surface area contributed by atoms with E-state index >= 15 is 0 Å². The van der Waals surface area contributed by atoms with Crippen molar-refractivity contribution < 1.29 is 0 Å². The molecule has 92 valence electrons. The van der Waals surface area contributed by atoms with E-state index in [0.717, 1.165) is 4.88 Å². The number of thiophene rings is 1. The lowest BCUT2D eigenvalue weighted by atomic mass is 10.0. The molecule has 1 heterocycles. The maximum atomic E-state index is 5.96. The Labute approximate surface area is 110 Å². The molecule has 0 aliphatic heterocycles. The normalized spacial score (nSPS) is 14.0. The van der Waals surface area contributed by atoms with Gasteiger partial charge in [0.15, 0.2) is 0 Å². The van der Waals surface area contributed by atoms with Crippen molar-refractivity contribution in [3.8, 4) is 0 Å². The summed E-state index contributed by atoms with van der Waals surface area (Å²) in [5.41, 5.74) is 19.7. The van der Waals surface area contributed by atoms with Crippen LogP contribution >= 0.6 is 22.9 Å². The molecule has 0 atom stereocenters. The molecule has 0 radical (unpaired) electrons. The molecule has 1 aromatic heterocycles. The number of allylic oxidation sites excluding steroid dienone is 2. The Balaban J connectivity index is 3.04. The van der Waals surface area contributed by atoms with Gasteiger partial charge in [-0.25, -0.2) is 0 Å². The van der Waals surface area contributed by atoms with Gasteiger partial charge in [-0.1, -0.05) is 24.2 Å². The molecule has 3 nitrogen and oxygen atoms in total. The molecule has 0 unspecified atom stereocenters. The van der Waals surface area contributed by atoms with Crippen LogP contribution in [0.4, 0.5) is 0 Å². The lowest BCUT2D eigenvalue weighted by Crippen LogP contribution is -2.16. The van der Waals surface area contributed by atoms with Gasteiger partial charge in [-0.15, -0.1) is 11.3 Å². The molecule has 0 bridgehead atoms. The third-order valence-corrected chi connectivity index (χ3v) is 3.29. The smallest absolute Gasteiger partial charge is 0.109 e.